The minimum atomic E-state index is -3.11. The average Bonchev–Trinajstić information content (AvgIpc) is 2.90. The van der Waals surface area contributed by atoms with Crippen molar-refractivity contribution in [3.8, 4) is 0 Å². The summed E-state index contributed by atoms with van der Waals surface area (Å²) in [5.74, 6) is 0.199. The molecule has 0 spiro atoms. The molecule has 1 aromatic carbocycles. The van der Waals surface area contributed by atoms with Crippen LogP contribution >= 0.6 is 0 Å². The zero-order chi connectivity index (χ0) is 18.0. The molecule has 0 bridgehead atoms. The maximum atomic E-state index is 12.4. The molecule has 1 aromatic rings. The van der Waals surface area contributed by atoms with E-state index in [-0.39, 0.29) is 29.6 Å². The molecule has 2 atom stereocenters. The van der Waals surface area contributed by atoms with Gasteiger partial charge in [0.05, 0.1) is 17.5 Å². The van der Waals surface area contributed by atoms with Gasteiger partial charge in [0.25, 0.3) is 0 Å². The lowest BCUT2D eigenvalue weighted by atomic mass is 10.0. The van der Waals surface area contributed by atoms with Crippen LogP contribution in [-0.4, -0.2) is 86.5 Å². The Morgan fingerprint density at radius 1 is 1.16 bits per heavy atom. The minimum Gasteiger partial charge on any atom is -0.331 e. The summed E-state index contributed by atoms with van der Waals surface area (Å²) in [5, 5.41) is 0. The number of sulfone groups is 1. The van der Waals surface area contributed by atoms with Crippen molar-refractivity contribution in [3.05, 3.63) is 42.0 Å². The van der Waals surface area contributed by atoms with E-state index in [0.29, 0.717) is 19.6 Å². The van der Waals surface area contributed by atoms with E-state index in [1.165, 1.54) is 4.90 Å². The SMILES string of the molecule is CN(C)C(=O)N1CCN(C/C=C/c2ccccc2)[C@@H]2CS(=O)(=O)C[C@@H]21. The summed E-state index contributed by atoms with van der Waals surface area (Å²) in [6, 6.07) is 9.55. The lowest BCUT2D eigenvalue weighted by Gasteiger charge is -2.44. The molecule has 0 unspecified atom stereocenters. The molecule has 3 rings (SSSR count). The maximum absolute atomic E-state index is 12.4. The van der Waals surface area contributed by atoms with Gasteiger partial charge in [-0.05, 0) is 5.56 Å². The molecule has 2 aliphatic heterocycles. The molecule has 0 saturated carbocycles. The Labute approximate surface area is 149 Å². The topological polar surface area (TPSA) is 60.9 Å². The fourth-order valence-corrected chi connectivity index (χ4v) is 5.65. The van der Waals surface area contributed by atoms with E-state index < -0.39 is 9.84 Å². The van der Waals surface area contributed by atoms with Crippen LogP contribution in [0.1, 0.15) is 5.56 Å². The number of piperazine rings is 1. The minimum absolute atomic E-state index is 0.0656. The first-order chi connectivity index (χ1) is 11.9. The van der Waals surface area contributed by atoms with E-state index in [1.54, 1.807) is 19.0 Å². The zero-order valence-corrected chi connectivity index (χ0v) is 15.5. The lowest BCUT2D eigenvalue weighted by Crippen LogP contribution is -2.62. The van der Waals surface area contributed by atoms with Crippen LogP contribution in [0, 0.1) is 0 Å². The quantitative estimate of drug-likeness (QED) is 0.809. The third kappa shape index (κ3) is 4.04. The van der Waals surface area contributed by atoms with Crippen LogP contribution in [0.4, 0.5) is 4.79 Å². The molecule has 0 N–H and O–H groups in total. The van der Waals surface area contributed by atoms with Gasteiger partial charge in [-0.25, -0.2) is 13.2 Å². The third-order valence-corrected chi connectivity index (χ3v) is 6.57. The van der Waals surface area contributed by atoms with Crippen molar-refractivity contribution in [2.75, 3.05) is 45.2 Å². The molecule has 6 nitrogen and oxygen atoms in total. The summed E-state index contributed by atoms with van der Waals surface area (Å²) in [6.45, 7) is 1.94. The van der Waals surface area contributed by atoms with Gasteiger partial charge >= 0.3 is 6.03 Å². The monoisotopic (exact) mass is 363 g/mol. The first-order valence-electron chi connectivity index (χ1n) is 8.51. The van der Waals surface area contributed by atoms with Crippen molar-refractivity contribution in [1.29, 1.82) is 0 Å². The first-order valence-corrected chi connectivity index (χ1v) is 10.3. The second-order valence-electron chi connectivity index (χ2n) is 6.89. The number of amides is 2. The largest absolute Gasteiger partial charge is 0.331 e. The van der Waals surface area contributed by atoms with Gasteiger partial charge in [0.1, 0.15) is 0 Å². The molecule has 0 radical (unpaired) electrons. The second-order valence-corrected chi connectivity index (χ2v) is 9.04. The van der Waals surface area contributed by atoms with Gasteiger partial charge in [0.15, 0.2) is 9.84 Å². The first kappa shape index (κ1) is 17.9. The molecular formula is C18H25N3O3S. The fourth-order valence-electron chi connectivity index (χ4n) is 3.63. The predicted molar refractivity (Wildman–Crippen MR) is 99.1 cm³/mol. The highest BCUT2D eigenvalue weighted by atomic mass is 32.2. The van der Waals surface area contributed by atoms with Crippen LogP contribution in [0.15, 0.2) is 36.4 Å². The third-order valence-electron chi connectivity index (χ3n) is 4.87. The van der Waals surface area contributed by atoms with E-state index in [1.807, 2.05) is 30.3 Å². The number of carbonyl (C=O) groups is 1. The summed E-state index contributed by atoms with van der Waals surface area (Å²) in [7, 11) is 0.299. The number of benzene rings is 1. The Kier molecular flexibility index (Phi) is 5.15. The van der Waals surface area contributed by atoms with Crippen molar-refractivity contribution in [1.82, 2.24) is 14.7 Å². The molecule has 2 heterocycles. The van der Waals surface area contributed by atoms with Gasteiger partial charge in [-0.1, -0.05) is 42.5 Å². The Hall–Kier alpha value is -1.86. The molecule has 25 heavy (non-hydrogen) atoms. The number of nitrogens with zero attached hydrogens (tertiary/aromatic N) is 3. The number of fused-ring (bicyclic) bond motifs is 1. The van der Waals surface area contributed by atoms with Crippen LogP contribution in [0.25, 0.3) is 6.08 Å². The van der Waals surface area contributed by atoms with Crippen molar-refractivity contribution < 1.29 is 13.2 Å². The molecule has 0 aromatic heterocycles. The van der Waals surface area contributed by atoms with Gasteiger partial charge < -0.3 is 9.80 Å². The Morgan fingerprint density at radius 2 is 1.84 bits per heavy atom. The van der Waals surface area contributed by atoms with E-state index in [9.17, 15) is 13.2 Å². The van der Waals surface area contributed by atoms with Crippen LogP contribution in [-0.2, 0) is 9.84 Å². The summed E-state index contributed by atoms with van der Waals surface area (Å²) in [6.07, 6.45) is 4.12. The summed E-state index contributed by atoms with van der Waals surface area (Å²) >= 11 is 0. The number of rotatable bonds is 3. The highest BCUT2D eigenvalue weighted by Crippen LogP contribution is 2.27. The van der Waals surface area contributed by atoms with Crippen molar-refractivity contribution in [3.63, 3.8) is 0 Å². The summed E-state index contributed by atoms with van der Waals surface area (Å²) < 4.78 is 24.4. The summed E-state index contributed by atoms with van der Waals surface area (Å²) in [4.78, 5) is 17.8. The van der Waals surface area contributed by atoms with E-state index in [2.05, 4.69) is 17.1 Å². The Morgan fingerprint density at radius 3 is 2.52 bits per heavy atom. The molecule has 7 heteroatoms. The van der Waals surface area contributed by atoms with Gasteiger partial charge in [-0.3, -0.25) is 4.90 Å². The molecule has 136 valence electrons. The van der Waals surface area contributed by atoms with Crippen molar-refractivity contribution in [2.45, 2.75) is 12.1 Å². The molecule has 2 aliphatic rings. The van der Waals surface area contributed by atoms with Crippen molar-refractivity contribution >= 4 is 21.9 Å². The van der Waals surface area contributed by atoms with Gasteiger partial charge in [-0.15, -0.1) is 0 Å². The Bertz CT molecular complexity index is 746. The van der Waals surface area contributed by atoms with E-state index >= 15 is 0 Å². The Balaban J connectivity index is 1.72. The number of carbonyl (C=O) groups excluding carboxylic acids is 1. The normalized spacial score (nSPS) is 25.9. The van der Waals surface area contributed by atoms with Gasteiger partial charge in [-0.2, -0.15) is 0 Å². The van der Waals surface area contributed by atoms with Crippen LogP contribution in [0.5, 0.6) is 0 Å². The van der Waals surface area contributed by atoms with E-state index in [4.69, 9.17) is 0 Å². The maximum Gasteiger partial charge on any atom is 0.319 e. The van der Waals surface area contributed by atoms with Crippen molar-refractivity contribution in [2.24, 2.45) is 0 Å². The number of hydrogen-bond donors (Lipinski definition) is 0. The molecule has 0 aliphatic carbocycles. The van der Waals surface area contributed by atoms with Crippen LogP contribution in [0.3, 0.4) is 0 Å². The van der Waals surface area contributed by atoms with E-state index in [0.717, 1.165) is 5.56 Å². The second kappa shape index (κ2) is 7.17. The predicted octanol–water partition coefficient (Wildman–Crippen LogP) is 1.16. The molecular weight excluding hydrogens is 338 g/mol. The van der Waals surface area contributed by atoms with Gasteiger partial charge in [0.2, 0.25) is 0 Å². The smallest absolute Gasteiger partial charge is 0.319 e. The van der Waals surface area contributed by atoms with Gasteiger partial charge in [0, 0.05) is 39.8 Å². The standard InChI is InChI=1S/C18H25N3O3S/c1-19(2)18(22)21-12-11-20(16-13-25(23,24)14-17(16)21)10-6-9-15-7-4-3-5-8-15/h3-9,16-17H,10-14H2,1-2H3/b9-6+/t16-,17+/m1/s1. The highest BCUT2D eigenvalue weighted by molar-refractivity contribution is 7.91. The lowest BCUT2D eigenvalue weighted by molar-refractivity contribution is 0.0638. The molecule has 2 saturated heterocycles. The molecule has 2 fully saturated rings. The zero-order valence-electron chi connectivity index (χ0n) is 14.7. The fraction of sp³-hybridized carbons (Fsp3) is 0.500. The average molecular weight is 363 g/mol. The number of urea groups is 1. The summed E-state index contributed by atoms with van der Waals surface area (Å²) in [5.41, 5.74) is 1.12. The van der Waals surface area contributed by atoms with Crippen LogP contribution in [0.2, 0.25) is 0 Å². The highest BCUT2D eigenvalue weighted by Gasteiger charge is 2.47. The van der Waals surface area contributed by atoms with Crippen LogP contribution < -0.4 is 0 Å². The molecule has 2 amide bonds. The number of hydrogen-bond acceptors (Lipinski definition) is 4.